The van der Waals surface area contributed by atoms with Crippen molar-refractivity contribution in [1.82, 2.24) is 10.2 Å². The van der Waals surface area contributed by atoms with E-state index in [0.29, 0.717) is 24.0 Å². The number of aryl methyl sites for hydroxylation is 2. The van der Waals surface area contributed by atoms with E-state index in [1.807, 2.05) is 65.0 Å². The van der Waals surface area contributed by atoms with Crippen molar-refractivity contribution in [2.45, 2.75) is 54.1 Å². The van der Waals surface area contributed by atoms with Crippen LogP contribution >= 0.6 is 0 Å². The van der Waals surface area contributed by atoms with Crippen LogP contribution in [0.25, 0.3) is 0 Å². The predicted octanol–water partition coefficient (Wildman–Crippen LogP) is 4.19. The molecule has 0 heterocycles. The number of hydrogen-bond donors (Lipinski definition) is 1. The first-order valence-corrected chi connectivity index (χ1v) is 11.0. The smallest absolute Gasteiger partial charge is 0.261 e. The average molecular weight is 441 g/mol. The van der Waals surface area contributed by atoms with Gasteiger partial charge in [0.25, 0.3) is 5.91 Å². The summed E-state index contributed by atoms with van der Waals surface area (Å²) in [6, 6.07) is 10.9. The van der Waals surface area contributed by atoms with Crippen LogP contribution in [0, 0.1) is 26.7 Å². The van der Waals surface area contributed by atoms with Crippen LogP contribution in [0.5, 0.6) is 11.5 Å². The molecule has 2 aromatic carbocycles. The Labute approximate surface area is 191 Å². The van der Waals surface area contributed by atoms with Gasteiger partial charge in [-0.3, -0.25) is 9.59 Å². The van der Waals surface area contributed by atoms with Gasteiger partial charge >= 0.3 is 0 Å². The molecule has 6 heteroatoms. The van der Waals surface area contributed by atoms with E-state index in [1.165, 1.54) is 0 Å². The minimum absolute atomic E-state index is 0.143. The molecule has 1 unspecified atom stereocenters. The molecule has 0 saturated heterocycles. The monoisotopic (exact) mass is 440 g/mol. The Morgan fingerprint density at radius 1 is 1.06 bits per heavy atom. The van der Waals surface area contributed by atoms with Gasteiger partial charge in [-0.1, -0.05) is 32.0 Å². The molecule has 174 valence electrons. The lowest BCUT2D eigenvalue weighted by Crippen LogP contribution is -2.49. The van der Waals surface area contributed by atoms with Crippen molar-refractivity contribution in [1.29, 1.82) is 0 Å². The summed E-state index contributed by atoms with van der Waals surface area (Å²) in [5.41, 5.74) is 4.07. The molecule has 1 atom stereocenters. The molecule has 0 fully saturated rings. The van der Waals surface area contributed by atoms with E-state index in [1.54, 1.807) is 18.9 Å². The van der Waals surface area contributed by atoms with Crippen LogP contribution in [0.2, 0.25) is 0 Å². The lowest BCUT2D eigenvalue weighted by atomic mass is 10.1. The Hall–Kier alpha value is -3.02. The third-order valence-electron chi connectivity index (χ3n) is 5.45. The molecular weight excluding hydrogens is 404 g/mol. The molecule has 0 spiro atoms. The Morgan fingerprint density at radius 3 is 2.44 bits per heavy atom. The van der Waals surface area contributed by atoms with Gasteiger partial charge in [-0.15, -0.1) is 0 Å². The van der Waals surface area contributed by atoms with Crippen LogP contribution < -0.4 is 14.8 Å². The van der Waals surface area contributed by atoms with E-state index in [-0.39, 0.29) is 25.0 Å². The maximum absolute atomic E-state index is 13.2. The van der Waals surface area contributed by atoms with Crippen LogP contribution in [0.4, 0.5) is 0 Å². The SMILES string of the molecule is COc1cccc(CN(C(=O)COc2cc(C)cc(C)c2C)C(C)C(=O)NCC(C)C)c1. The Balaban J connectivity index is 2.22. The molecule has 0 saturated carbocycles. The van der Waals surface area contributed by atoms with E-state index in [9.17, 15) is 9.59 Å². The standard InChI is InChI=1S/C26H36N2O4/c1-17(2)14-27-26(30)21(6)28(15-22-9-8-10-23(13-22)31-7)25(29)16-32-24-12-18(3)11-19(4)20(24)5/h8-13,17,21H,14-16H2,1-7H3,(H,27,30). The summed E-state index contributed by atoms with van der Waals surface area (Å²) in [5, 5.41) is 2.93. The molecule has 0 aliphatic carbocycles. The number of amides is 2. The predicted molar refractivity (Wildman–Crippen MR) is 127 cm³/mol. The summed E-state index contributed by atoms with van der Waals surface area (Å²) in [6.07, 6.45) is 0. The molecular formula is C26H36N2O4. The minimum Gasteiger partial charge on any atom is -0.497 e. The molecule has 2 aromatic rings. The molecule has 0 aliphatic heterocycles. The average Bonchev–Trinajstić information content (AvgIpc) is 2.76. The molecule has 6 nitrogen and oxygen atoms in total. The van der Waals surface area contributed by atoms with E-state index >= 15 is 0 Å². The first kappa shape index (κ1) is 25.2. The van der Waals surface area contributed by atoms with Crippen LogP contribution in [-0.4, -0.2) is 43.0 Å². The van der Waals surface area contributed by atoms with Gasteiger partial charge in [0.15, 0.2) is 6.61 Å². The zero-order valence-corrected chi connectivity index (χ0v) is 20.3. The Bertz CT molecular complexity index is 939. The third-order valence-corrected chi connectivity index (χ3v) is 5.45. The van der Waals surface area contributed by atoms with Crippen LogP contribution in [0.15, 0.2) is 36.4 Å². The number of nitrogens with zero attached hydrogens (tertiary/aromatic N) is 1. The first-order valence-electron chi connectivity index (χ1n) is 11.0. The van der Waals surface area contributed by atoms with E-state index < -0.39 is 6.04 Å². The molecule has 0 radical (unpaired) electrons. The molecule has 0 aromatic heterocycles. The highest BCUT2D eigenvalue weighted by Crippen LogP contribution is 2.23. The van der Waals surface area contributed by atoms with Gasteiger partial charge in [0.1, 0.15) is 17.5 Å². The third kappa shape index (κ3) is 7.01. The quantitative estimate of drug-likeness (QED) is 0.602. The normalized spacial score (nSPS) is 11.8. The molecule has 32 heavy (non-hydrogen) atoms. The summed E-state index contributed by atoms with van der Waals surface area (Å²) >= 11 is 0. The zero-order valence-electron chi connectivity index (χ0n) is 20.3. The maximum Gasteiger partial charge on any atom is 0.261 e. The summed E-state index contributed by atoms with van der Waals surface area (Å²) < 4.78 is 11.2. The molecule has 0 bridgehead atoms. The Kier molecular flexibility index (Phi) is 9.12. The Morgan fingerprint density at radius 2 is 1.78 bits per heavy atom. The van der Waals surface area contributed by atoms with Crippen LogP contribution in [-0.2, 0) is 16.1 Å². The number of hydrogen-bond acceptors (Lipinski definition) is 4. The van der Waals surface area contributed by atoms with Crippen molar-refractivity contribution in [2.24, 2.45) is 5.92 Å². The fraction of sp³-hybridized carbons (Fsp3) is 0.462. The summed E-state index contributed by atoms with van der Waals surface area (Å²) in [6.45, 7) is 12.5. The van der Waals surface area contributed by atoms with Gasteiger partial charge in [-0.2, -0.15) is 0 Å². The van der Waals surface area contributed by atoms with Crippen molar-refractivity contribution >= 4 is 11.8 Å². The lowest BCUT2D eigenvalue weighted by Gasteiger charge is -2.29. The molecule has 1 N–H and O–H groups in total. The fourth-order valence-corrected chi connectivity index (χ4v) is 3.38. The zero-order chi connectivity index (χ0) is 23.8. The highest BCUT2D eigenvalue weighted by molar-refractivity contribution is 5.88. The molecule has 2 rings (SSSR count). The largest absolute Gasteiger partial charge is 0.497 e. The number of benzene rings is 2. The second kappa shape index (κ2) is 11.6. The van der Waals surface area contributed by atoms with Gasteiger partial charge in [-0.25, -0.2) is 0 Å². The molecule has 0 aliphatic rings. The number of nitrogens with one attached hydrogen (secondary N) is 1. The van der Waals surface area contributed by atoms with Crippen molar-refractivity contribution in [2.75, 3.05) is 20.3 Å². The van der Waals surface area contributed by atoms with Crippen LogP contribution in [0.3, 0.4) is 0 Å². The van der Waals surface area contributed by atoms with E-state index in [2.05, 4.69) is 11.4 Å². The minimum atomic E-state index is -0.642. The van der Waals surface area contributed by atoms with Crippen molar-refractivity contribution in [3.63, 3.8) is 0 Å². The first-order chi connectivity index (χ1) is 15.1. The fourth-order valence-electron chi connectivity index (χ4n) is 3.38. The number of rotatable bonds is 10. The summed E-state index contributed by atoms with van der Waals surface area (Å²) in [7, 11) is 1.60. The van der Waals surface area contributed by atoms with Crippen molar-refractivity contribution < 1.29 is 19.1 Å². The summed E-state index contributed by atoms with van der Waals surface area (Å²) in [5.74, 6) is 1.28. The van der Waals surface area contributed by atoms with Gasteiger partial charge in [0.05, 0.1) is 7.11 Å². The second-order valence-corrected chi connectivity index (χ2v) is 8.68. The second-order valence-electron chi connectivity index (χ2n) is 8.68. The number of carbonyl (C=O) groups is 2. The van der Waals surface area contributed by atoms with Gasteiger partial charge < -0.3 is 19.7 Å². The van der Waals surface area contributed by atoms with Gasteiger partial charge in [0, 0.05) is 13.1 Å². The maximum atomic E-state index is 13.2. The van der Waals surface area contributed by atoms with E-state index in [0.717, 1.165) is 22.3 Å². The van der Waals surface area contributed by atoms with Crippen molar-refractivity contribution in [3.05, 3.63) is 58.7 Å². The topological polar surface area (TPSA) is 67.9 Å². The van der Waals surface area contributed by atoms with Crippen LogP contribution in [0.1, 0.15) is 43.0 Å². The number of ether oxygens (including phenoxy) is 2. The van der Waals surface area contributed by atoms with Crippen molar-refractivity contribution in [3.8, 4) is 11.5 Å². The highest BCUT2D eigenvalue weighted by Gasteiger charge is 2.27. The highest BCUT2D eigenvalue weighted by atomic mass is 16.5. The molecule has 2 amide bonds. The van der Waals surface area contributed by atoms with E-state index in [4.69, 9.17) is 9.47 Å². The number of carbonyl (C=O) groups excluding carboxylic acids is 2. The van der Waals surface area contributed by atoms with Gasteiger partial charge in [-0.05, 0) is 74.1 Å². The lowest BCUT2D eigenvalue weighted by molar-refractivity contribution is -0.142. The summed E-state index contributed by atoms with van der Waals surface area (Å²) in [4.78, 5) is 27.5. The van der Waals surface area contributed by atoms with Gasteiger partial charge in [0.2, 0.25) is 5.91 Å². The number of methoxy groups -OCH3 is 1.